The monoisotopic (exact) mass is 255 g/mol. The molecule has 4 nitrogen and oxygen atoms in total. The summed E-state index contributed by atoms with van der Waals surface area (Å²) in [7, 11) is 1.61. The highest BCUT2D eigenvalue weighted by Crippen LogP contribution is 2.16. The van der Waals surface area contributed by atoms with E-state index in [1.807, 2.05) is 0 Å². The van der Waals surface area contributed by atoms with E-state index in [4.69, 9.17) is 9.47 Å². The van der Waals surface area contributed by atoms with Gasteiger partial charge in [-0.2, -0.15) is 0 Å². The molecule has 100 valence electrons. The van der Waals surface area contributed by atoms with Crippen LogP contribution in [0.15, 0.2) is 24.3 Å². The Labute approximate surface area is 106 Å². The van der Waals surface area contributed by atoms with Crippen molar-refractivity contribution in [3.8, 4) is 0 Å². The first-order chi connectivity index (χ1) is 8.63. The summed E-state index contributed by atoms with van der Waals surface area (Å²) < 4.78 is 22.7. The van der Waals surface area contributed by atoms with E-state index < -0.39 is 12.2 Å². The number of rotatable bonds is 6. The van der Waals surface area contributed by atoms with E-state index in [1.54, 1.807) is 26.2 Å². The molecule has 1 amide bonds. The molecular weight excluding hydrogens is 237 g/mol. The lowest BCUT2D eigenvalue weighted by Crippen LogP contribution is -2.27. The van der Waals surface area contributed by atoms with E-state index in [9.17, 15) is 9.18 Å². The molecule has 1 aromatic rings. The number of nitrogens with one attached hydrogen (secondary N) is 1. The number of amides is 1. The fourth-order valence-corrected chi connectivity index (χ4v) is 1.41. The quantitative estimate of drug-likeness (QED) is 0.795. The lowest BCUT2D eigenvalue weighted by atomic mass is 10.1. The largest absolute Gasteiger partial charge is 0.442 e. The average molecular weight is 255 g/mol. The van der Waals surface area contributed by atoms with Crippen molar-refractivity contribution in [3.63, 3.8) is 0 Å². The van der Waals surface area contributed by atoms with E-state index in [0.29, 0.717) is 13.2 Å². The maximum Gasteiger partial charge on any atom is 0.407 e. The smallest absolute Gasteiger partial charge is 0.407 e. The van der Waals surface area contributed by atoms with Crippen LogP contribution in [-0.2, 0) is 9.47 Å². The minimum atomic E-state index is -0.483. The van der Waals surface area contributed by atoms with Gasteiger partial charge in [-0.15, -0.1) is 0 Å². The van der Waals surface area contributed by atoms with Crippen LogP contribution in [0.25, 0.3) is 0 Å². The molecule has 0 saturated carbocycles. The van der Waals surface area contributed by atoms with Gasteiger partial charge in [0, 0.05) is 20.3 Å². The summed E-state index contributed by atoms with van der Waals surface area (Å²) >= 11 is 0. The van der Waals surface area contributed by atoms with E-state index in [-0.39, 0.29) is 5.82 Å². The third kappa shape index (κ3) is 5.14. The number of ether oxygens (including phenoxy) is 2. The number of methoxy groups -OCH3 is 1. The van der Waals surface area contributed by atoms with E-state index in [0.717, 1.165) is 12.0 Å². The number of carbonyl (C=O) groups is 1. The van der Waals surface area contributed by atoms with Crippen LogP contribution in [0.2, 0.25) is 0 Å². The van der Waals surface area contributed by atoms with Crippen molar-refractivity contribution < 1.29 is 18.7 Å². The number of hydrogen-bond donors (Lipinski definition) is 1. The van der Waals surface area contributed by atoms with Crippen LogP contribution in [0, 0.1) is 5.82 Å². The second kappa shape index (κ2) is 7.66. The van der Waals surface area contributed by atoms with Gasteiger partial charge in [0.2, 0.25) is 0 Å². The first kappa shape index (κ1) is 14.4. The van der Waals surface area contributed by atoms with Gasteiger partial charge in [0.1, 0.15) is 11.9 Å². The molecule has 0 bridgehead atoms. The highest BCUT2D eigenvalue weighted by molar-refractivity contribution is 5.67. The number of hydrogen-bond acceptors (Lipinski definition) is 3. The minimum Gasteiger partial charge on any atom is -0.442 e. The Balaban J connectivity index is 2.33. The zero-order valence-electron chi connectivity index (χ0n) is 10.6. The lowest BCUT2D eigenvalue weighted by Gasteiger charge is -2.14. The molecule has 0 aliphatic heterocycles. The van der Waals surface area contributed by atoms with Gasteiger partial charge in [-0.05, 0) is 31.0 Å². The summed E-state index contributed by atoms with van der Waals surface area (Å²) in [5, 5.41) is 2.61. The summed E-state index contributed by atoms with van der Waals surface area (Å²) in [4.78, 5) is 11.4. The Morgan fingerprint density at radius 3 is 2.67 bits per heavy atom. The molecule has 0 fully saturated rings. The third-order valence-electron chi connectivity index (χ3n) is 2.42. The first-order valence-corrected chi connectivity index (χ1v) is 5.82. The Morgan fingerprint density at radius 1 is 1.39 bits per heavy atom. The van der Waals surface area contributed by atoms with Crippen LogP contribution in [0.3, 0.4) is 0 Å². The topological polar surface area (TPSA) is 47.6 Å². The van der Waals surface area contributed by atoms with Gasteiger partial charge in [-0.25, -0.2) is 9.18 Å². The fourth-order valence-electron chi connectivity index (χ4n) is 1.41. The summed E-state index contributed by atoms with van der Waals surface area (Å²) in [6.45, 7) is 2.83. The molecule has 18 heavy (non-hydrogen) atoms. The van der Waals surface area contributed by atoms with Gasteiger partial charge < -0.3 is 14.8 Å². The van der Waals surface area contributed by atoms with Crippen LogP contribution in [0.4, 0.5) is 9.18 Å². The van der Waals surface area contributed by atoms with Gasteiger partial charge in [0.15, 0.2) is 0 Å². The van der Waals surface area contributed by atoms with Gasteiger partial charge in [0.05, 0.1) is 0 Å². The zero-order valence-corrected chi connectivity index (χ0v) is 10.6. The second-order valence-corrected chi connectivity index (χ2v) is 3.87. The highest BCUT2D eigenvalue weighted by Gasteiger charge is 2.10. The molecule has 1 aromatic carbocycles. The predicted molar refractivity (Wildman–Crippen MR) is 65.8 cm³/mol. The van der Waals surface area contributed by atoms with Crippen LogP contribution in [0.1, 0.15) is 25.0 Å². The second-order valence-electron chi connectivity index (χ2n) is 3.87. The fraction of sp³-hybridized carbons (Fsp3) is 0.462. The molecule has 0 saturated heterocycles. The van der Waals surface area contributed by atoms with Crippen molar-refractivity contribution in [1.29, 1.82) is 0 Å². The molecule has 0 radical (unpaired) electrons. The molecule has 5 heteroatoms. The minimum absolute atomic E-state index is 0.310. The van der Waals surface area contributed by atoms with Crippen molar-refractivity contribution >= 4 is 6.09 Å². The molecule has 1 N–H and O–H groups in total. The van der Waals surface area contributed by atoms with Gasteiger partial charge in [-0.1, -0.05) is 12.1 Å². The molecular formula is C13H18FNO3. The summed E-state index contributed by atoms with van der Waals surface area (Å²) in [5.41, 5.74) is 0.753. The Bertz CT molecular complexity index is 367. The normalized spacial score (nSPS) is 11.9. The SMILES string of the molecule is COCCCNC(=O)OC(C)c1ccc(F)cc1. The molecule has 1 rings (SSSR count). The Hall–Kier alpha value is -1.62. The summed E-state index contributed by atoms with van der Waals surface area (Å²) in [5.74, 6) is -0.310. The molecule has 1 atom stereocenters. The maximum absolute atomic E-state index is 12.7. The van der Waals surface area contributed by atoms with Crippen molar-refractivity contribution in [2.24, 2.45) is 0 Å². The summed E-state index contributed by atoms with van der Waals surface area (Å²) in [6.07, 6.45) is -0.160. The van der Waals surface area contributed by atoms with Crippen LogP contribution < -0.4 is 5.32 Å². The van der Waals surface area contributed by atoms with Crippen LogP contribution in [-0.4, -0.2) is 26.4 Å². The zero-order chi connectivity index (χ0) is 13.4. The van der Waals surface area contributed by atoms with Gasteiger partial charge in [0.25, 0.3) is 0 Å². The van der Waals surface area contributed by atoms with Crippen LogP contribution in [0.5, 0.6) is 0 Å². The third-order valence-corrected chi connectivity index (χ3v) is 2.42. The molecule has 0 aliphatic carbocycles. The number of alkyl carbamates (subject to hydrolysis) is 1. The molecule has 0 aliphatic rings. The molecule has 0 spiro atoms. The van der Waals surface area contributed by atoms with Crippen molar-refractivity contribution in [2.45, 2.75) is 19.4 Å². The number of carbonyl (C=O) groups excluding carboxylic acids is 1. The van der Waals surface area contributed by atoms with Crippen molar-refractivity contribution in [1.82, 2.24) is 5.32 Å². The highest BCUT2D eigenvalue weighted by atomic mass is 19.1. The van der Waals surface area contributed by atoms with E-state index in [1.165, 1.54) is 12.1 Å². The van der Waals surface area contributed by atoms with E-state index >= 15 is 0 Å². The molecule has 0 aromatic heterocycles. The maximum atomic E-state index is 12.7. The van der Waals surface area contributed by atoms with Crippen LogP contribution >= 0.6 is 0 Å². The van der Waals surface area contributed by atoms with Gasteiger partial charge >= 0.3 is 6.09 Å². The standard InChI is InChI=1S/C13H18FNO3/c1-10(11-4-6-12(14)7-5-11)18-13(16)15-8-3-9-17-2/h4-7,10H,3,8-9H2,1-2H3,(H,15,16). The Morgan fingerprint density at radius 2 is 2.06 bits per heavy atom. The van der Waals surface area contributed by atoms with Crippen molar-refractivity contribution in [2.75, 3.05) is 20.3 Å². The Kier molecular flexibility index (Phi) is 6.14. The summed E-state index contributed by atoms with van der Waals surface area (Å²) in [6, 6.07) is 5.87. The van der Waals surface area contributed by atoms with E-state index in [2.05, 4.69) is 5.32 Å². The number of benzene rings is 1. The molecule has 1 unspecified atom stereocenters. The number of halogens is 1. The average Bonchev–Trinajstić information content (AvgIpc) is 2.35. The predicted octanol–water partition coefficient (Wildman–Crippen LogP) is 2.65. The van der Waals surface area contributed by atoms with Gasteiger partial charge in [-0.3, -0.25) is 0 Å². The van der Waals surface area contributed by atoms with Crippen molar-refractivity contribution in [3.05, 3.63) is 35.6 Å². The first-order valence-electron chi connectivity index (χ1n) is 5.82. The lowest BCUT2D eigenvalue weighted by molar-refractivity contribution is 0.106. The molecule has 0 heterocycles.